The Labute approximate surface area is 159 Å². The molecular weight excluding hydrogens is 419 g/mol. The molecule has 8 heteroatoms. The molecule has 0 atom stereocenters. The first-order chi connectivity index (χ1) is 11.2. The van der Waals surface area contributed by atoms with Gasteiger partial charge in [0.05, 0.1) is 19.7 Å². The molecule has 2 aromatic rings. The molecule has 0 saturated heterocycles. The first kappa shape index (κ1) is 20.4. The van der Waals surface area contributed by atoms with Crippen molar-refractivity contribution in [3.63, 3.8) is 0 Å². The molecule has 2 N–H and O–H groups in total. The van der Waals surface area contributed by atoms with E-state index in [4.69, 9.17) is 4.74 Å². The quantitative estimate of drug-likeness (QED) is 0.387. The largest absolute Gasteiger partial charge is 0.380 e. The minimum atomic E-state index is 0. The number of ether oxygens (including phenoxy) is 1. The molecule has 0 radical (unpaired) electrons. The second kappa shape index (κ2) is 11.0. The van der Waals surface area contributed by atoms with Gasteiger partial charge in [0.25, 0.3) is 0 Å². The lowest BCUT2D eigenvalue weighted by Crippen LogP contribution is -2.37. The monoisotopic (exact) mass is 444 g/mol. The number of nitrogens with one attached hydrogen (secondary N) is 2. The van der Waals surface area contributed by atoms with Gasteiger partial charge in [-0.2, -0.15) is 5.10 Å². The van der Waals surface area contributed by atoms with Crippen molar-refractivity contribution in [3.8, 4) is 0 Å². The van der Waals surface area contributed by atoms with E-state index in [1.165, 1.54) is 0 Å². The summed E-state index contributed by atoms with van der Waals surface area (Å²) in [6, 6.07) is 8.25. The van der Waals surface area contributed by atoms with Crippen LogP contribution in [0.15, 0.2) is 35.6 Å². The number of guanidine groups is 1. The van der Waals surface area contributed by atoms with Gasteiger partial charge in [0.2, 0.25) is 0 Å². The number of halogens is 1. The van der Waals surface area contributed by atoms with Crippen molar-refractivity contribution in [2.45, 2.75) is 26.6 Å². The van der Waals surface area contributed by atoms with Crippen molar-refractivity contribution in [1.29, 1.82) is 0 Å². The molecule has 0 saturated carbocycles. The van der Waals surface area contributed by atoms with E-state index in [0.29, 0.717) is 19.7 Å². The van der Waals surface area contributed by atoms with E-state index in [1.54, 1.807) is 18.1 Å². The molecule has 0 aliphatic carbocycles. The Morgan fingerprint density at radius 1 is 1.29 bits per heavy atom. The maximum atomic E-state index is 5.16. The van der Waals surface area contributed by atoms with Crippen LogP contribution in [0.3, 0.4) is 0 Å². The number of hydrogen-bond donors (Lipinski definition) is 2. The number of nitrogens with zero attached hydrogens (tertiary/aromatic N) is 4. The summed E-state index contributed by atoms with van der Waals surface area (Å²) in [4.78, 5) is 8.80. The van der Waals surface area contributed by atoms with Gasteiger partial charge in [-0.15, -0.1) is 24.0 Å². The zero-order chi connectivity index (χ0) is 16.5. The molecule has 0 fully saturated rings. The lowest BCUT2D eigenvalue weighted by atomic mass is 10.1. The lowest BCUT2D eigenvalue weighted by Gasteiger charge is -2.11. The molecule has 1 heterocycles. The van der Waals surface area contributed by atoms with E-state index >= 15 is 0 Å². The van der Waals surface area contributed by atoms with Crippen molar-refractivity contribution < 1.29 is 4.74 Å². The normalized spacial score (nSPS) is 11.0. The third kappa shape index (κ3) is 6.44. The predicted octanol–water partition coefficient (Wildman–Crippen LogP) is 1.83. The van der Waals surface area contributed by atoms with Crippen molar-refractivity contribution >= 4 is 29.9 Å². The van der Waals surface area contributed by atoms with Gasteiger partial charge >= 0.3 is 0 Å². The van der Waals surface area contributed by atoms with E-state index in [1.807, 2.05) is 26.1 Å². The van der Waals surface area contributed by atoms with E-state index in [2.05, 4.69) is 37.8 Å². The molecule has 132 valence electrons. The van der Waals surface area contributed by atoms with Crippen LogP contribution >= 0.6 is 24.0 Å². The van der Waals surface area contributed by atoms with Crippen molar-refractivity contribution in [2.24, 2.45) is 12.0 Å². The summed E-state index contributed by atoms with van der Waals surface area (Å²) < 4.78 is 6.90. The average molecular weight is 444 g/mol. The number of hydrogen-bond acceptors (Lipinski definition) is 4. The van der Waals surface area contributed by atoms with Crippen LogP contribution in [0.4, 0.5) is 0 Å². The third-order valence-electron chi connectivity index (χ3n) is 3.29. The molecule has 1 aromatic carbocycles. The van der Waals surface area contributed by atoms with Crippen LogP contribution in [-0.4, -0.2) is 34.4 Å². The van der Waals surface area contributed by atoms with Crippen LogP contribution in [0.25, 0.3) is 0 Å². The summed E-state index contributed by atoms with van der Waals surface area (Å²) in [6.45, 7) is 4.63. The molecule has 0 aliphatic heterocycles. The topological polar surface area (TPSA) is 76.4 Å². The Morgan fingerprint density at radius 3 is 2.75 bits per heavy atom. The fourth-order valence-corrected chi connectivity index (χ4v) is 2.14. The third-order valence-corrected chi connectivity index (χ3v) is 3.29. The highest BCUT2D eigenvalue weighted by Gasteiger charge is 2.03. The minimum Gasteiger partial charge on any atom is -0.380 e. The Bertz CT molecular complexity index is 643. The van der Waals surface area contributed by atoms with Crippen molar-refractivity contribution in [1.82, 2.24) is 25.4 Å². The number of benzene rings is 1. The molecule has 2 rings (SSSR count). The van der Waals surface area contributed by atoms with Crippen LogP contribution in [-0.2, 0) is 31.5 Å². The number of methoxy groups -OCH3 is 1. The molecule has 0 spiro atoms. The molecule has 7 nitrogen and oxygen atoms in total. The number of rotatable bonds is 7. The highest BCUT2D eigenvalue weighted by atomic mass is 127. The van der Waals surface area contributed by atoms with Crippen LogP contribution in [0, 0.1) is 0 Å². The molecule has 0 unspecified atom stereocenters. The standard InChI is InChI=1S/C16H24N6O.HI/c1-4-17-16(19-10-15-20-12-21-22(15)2)18-9-13-6-5-7-14(8-13)11-23-3;/h5-8,12H,4,9-11H2,1-3H3,(H2,17,18,19);1H. The SMILES string of the molecule is CCNC(=NCc1cccc(COC)c1)NCc1ncnn1C.I. The maximum absolute atomic E-state index is 5.16. The Balaban J connectivity index is 0.00000288. The second-order valence-corrected chi connectivity index (χ2v) is 5.10. The Hall–Kier alpha value is -1.68. The fourth-order valence-electron chi connectivity index (χ4n) is 2.14. The summed E-state index contributed by atoms with van der Waals surface area (Å²) >= 11 is 0. The average Bonchev–Trinajstić information content (AvgIpc) is 2.96. The van der Waals surface area contributed by atoms with Crippen LogP contribution in [0.2, 0.25) is 0 Å². The van der Waals surface area contributed by atoms with Gasteiger partial charge in [-0.05, 0) is 18.1 Å². The molecule has 1 aromatic heterocycles. The van der Waals surface area contributed by atoms with E-state index < -0.39 is 0 Å². The minimum absolute atomic E-state index is 0. The Kier molecular flexibility index (Phi) is 9.31. The Morgan fingerprint density at radius 2 is 2.08 bits per heavy atom. The van der Waals surface area contributed by atoms with Crippen LogP contribution in [0.5, 0.6) is 0 Å². The summed E-state index contributed by atoms with van der Waals surface area (Å²) in [5.74, 6) is 1.62. The van der Waals surface area contributed by atoms with E-state index in [-0.39, 0.29) is 24.0 Å². The maximum Gasteiger partial charge on any atom is 0.191 e. The van der Waals surface area contributed by atoms with Gasteiger partial charge in [0.15, 0.2) is 5.96 Å². The predicted molar refractivity (Wildman–Crippen MR) is 105 cm³/mol. The van der Waals surface area contributed by atoms with Crippen LogP contribution < -0.4 is 10.6 Å². The molecule has 0 bridgehead atoms. The number of aryl methyl sites for hydroxylation is 1. The van der Waals surface area contributed by atoms with Gasteiger partial charge in [0, 0.05) is 20.7 Å². The molecule has 0 amide bonds. The number of aromatic nitrogens is 3. The van der Waals surface area contributed by atoms with E-state index in [0.717, 1.165) is 29.5 Å². The zero-order valence-corrected chi connectivity index (χ0v) is 16.7. The number of aliphatic imine (C=N–C) groups is 1. The van der Waals surface area contributed by atoms with Crippen molar-refractivity contribution in [2.75, 3.05) is 13.7 Å². The first-order valence-electron chi connectivity index (χ1n) is 7.64. The molecular formula is C16H25IN6O. The lowest BCUT2D eigenvalue weighted by molar-refractivity contribution is 0.185. The van der Waals surface area contributed by atoms with Crippen molar-refractivity contribution in [3.05, 3.63) is 47.5 Å². The van der Waals surface area contributed by atoms with Gasteiger partial charge in [-0.3, -0.25) is 4.68 Å². The smallest absolute Gasteiger partial charge is 0.191 e. The highest BCUT2D eigenvalue weighted by molar-refractivity contribution is 14.0. The first-order valence-corrected chi connectivity index (χ1v) is 7.64. The van der Waals surface area contributed by atoms with Gasteiger partial charge < -0.3 is 15.4 Å². The van der Waals surface area contributed by atoms with Gasteiger partial charge in [-0.25, -0.2) is 9.98 Å². The van der Waals surface area contributed by atoms with E-state index in [9.17, 15) is 0 Å². The highest BCUT2D eigenvalue weighted by Crippen LogP contribution is 2.07. The molecule has 24 heavy (non-hydrogen) atoms. The summed E-state index contributed by atoms with van der Waals surface area (Å²) in [5.41, 5.74) is 2.30. The zero-order valence-electron chi connectivity index (χ0n) is 14.3. The second-order valence-electron chi connectivity index (χ2n) is 5.10. The van der Waals surface area contributed by atoms with Gasteiger partial charge in [0.1, 0.15) is 12.2 Å². The fraction of sp³-hybridized carbons (Fsp3) is 0.438. The summed E-state index contributed by atoms with van der Waals surface area (Å²) in [6.07, 6.45) is 1.54. The summed E-state index contributed by atoms with van der Waals surface area (Å²) in [5, 5.41) is 10.6. The summed E-state index contributed by atoms with van der Waals surface area (Å²) in [7, 11) is 3.57. The van der Waals surface area contributed by atoms with Crippen LogP contribution in [0.1, 0.15) is 23.9 Å². The molecule has 0 aliphatic rings. The van der Waals surface area contributed by atoms with Gasteiger partial charge in [-0.1, -0.05) is 24.3 Å².